The summed E-state index contributed by atoms with van der Waals surface area (Å²) >= 11 is 0. The molecule has 1 atom stereocenters. The summed E-state index contributed by atoms with van der Waals surface area (Å²) in [4.78, 5) is 0. The van der Waals surface area contributed by atoms with Gasteiger partial charge in [0.25, 0.3) is 0 Å². The van der Waals surface area contributed by atoms with E-state index < -0.39 is 11.6 Å². The number of hydrogen-bond donors (Lipinski definition) is 1. The summed E-state index contributed by atoms with van der Waals surface area (Å²) < 4.78 is 34.3. The highest BCUT2D eigenvalue weighted by Gasteiger charge is 2.18. The minimum atomic E-state index is -0.897. The second kappa shape index (κ2) is 7.37. The Morgan fingerprint density at radius 3 is 2.76 bits per heavy atom. The van der Waals surface area contributed by atoms with Crippen molar-refractivity contribution in [3.8, 4) is 11.6 Å². The Morgan fingerprint density at radius 2 is 2.00 bits per heavy atom. The number of hydrogen-bond acceptors (Lipinski definition) is 3. The molecule has 0 spiro atoms. The van der Waals surface area contributed by atoms with Crippen LogP contribution in [-0.2, 0) is 0 Å². The zero-order valence-corrected chi connectivity index (χ0v) is 14.2. The van der Waals surface area contributed by atoms with Crippen molar-refractivity contribution >= 4 is 23.3 Å². The van der Waals surface area contributed by atoms with E-state index in [1.54, 1.807) is 4.68 Å². The van der Waals surface area contributed by atoms with E-state index in [1.165, 1.54) is 6.07 Å². The largest absolute Gasteiger partial charge is 0.476 e. The third-order valence-corrected chi connectivity index (χ3v) is 4.32. The summed E-state index contributed by atoms with van der Waals surface area (Å²) in [6.45, 7) is 2.55. The maximum Gasteiger partial charge on any atom is 0.241 e. The smallest absolute Gasteiger partial charge is 0.241 e. The zero-order chi connectivity index (χ0) is 16.5. The molecular weight excluding hydrogens is 348 g/mol. The molecule has 2 heterocycles. The van der Waals surface area contributed by atoms with Gasteiger partial charge in [0, 0.05) is 18.5 Å². The average molecular weight is 366 g/mol. The first kappa shape index (κ1) is 17.6. The molecular formula is C18H18ClF2N3O. The molecule has 3 aromatic rings. The van der Waals surface area contributed by atoms with Crippen molar-refractivity contribution in [3.63, 3.8) is 0 Å². The number of para-hydroxylation sites is 1. The standard InChI is InChI=1S/C18H17F2N3O.ClH/c19-15-6-5-13(9-16(15)20)23-17-4-2-1-3-14(17)18(22-23)24-11-12-7-8-21-10-12;/h1-6,9,12,21H,7-8,10-11H2;1H/t12-;/m0./s1. The molecule has 0 aliphatic carbocycles. The molecule has 132 valence electrons. The first-order valence-corrected chi connectivity index (χ1v) is 7.99. The number of aromatic nitrogens is 2. The SMILES string of the molecule is Cl.Fc1ccc(-n2nc(OC[C@H]3CCNC3)c3ccccc32)cc1F. The van der Waals surface area contributed by atoms with Crippen molar-refractivity contribution in [2.75, 3.05) is 19.7 Å². The minimum Gasteiger partial charge on any atom is -0.476 e. The predicted octanol–water partition coefficient (Wildman–Crippen LogP) is 3.71. The molecule has 1 aromatic heterocycles. The molecule has 1 saturated heterocycles. The Morgan fingerprint density at radius 1 is 1.16 bits per heavy atom. The summed E-state index contributed by atoms with van der Waals surface area (Å²) in [6.07, 6.45) is 1.09. The molecule has 0 unspecified atom stereocenters. The second-order valence-electron chi connectivity index (χ2n) is 6.00. The van der Waals surface area contributed by atoms with Gasteiger partial charge in [-0.05, 0) is 37.2 Å². The van der Waals surface area contributed by atoms with Crippen LogP contribution in [0.15, 0.2) is 42.5 Å². The van der Waals surface area contributed by atoms with Crippen molar-refractivity contribution in [2.45, 2.75) is 6.42 Å². The van der Waals surface area contributed by atoms with Gasteiger partial charge in [-0.1, -0.05) is 12.1 Å². The van der Waals surface area contributed by atoms with Crippen molar-refractivity contribution < 1.29 is 13.5 Å². The lowest BCUT2D eigenvalue weighted by molar-refractivity contribution is 0.252. The summed E-state index contributed by atoms with van der Waals surface area (Å²) in [5, 5.41) is 8.64. The number of fused-ring (bicyclic) bond motifs is 1. The van der Waals surface area contributed by atoms with Gasteiger partial charge in [0.05, 0.1) is 23.2 Å². The van der Waals surface area contributed by atoms with Gasteiger partial charge in [-0.15, -0.1) is 17.5 Å². The van der Waals surface area contributed by atoms with Crippen molar-refractivity contribution in [3.05, 3.63) is 54.1 Å². The van der Waals surface area contributed by atoms with Gasteiger partial charge in [-0.25, -0.2) is 13.5 Å². The highest BCUT2D eigenvalue weighted by molar-refractivity contribution is 5.86. The molecule has 1 aliphatic rings. The molecule has 4 rings (SSSR count). The summed E-state index contributed by atoms with van der Waals surface area (Å²) in [7, 11) is 0. The molecule has 25 heavy (non-hydrogen) atoms. The Balaban J connectivity index is 0.00000182. The van der Waals surface area contributed by atoms with Crippen LogP contribution in [0.1, 0.15) is 6.42 Å². The van der Waals surface area contributed by atoms with E-state index in [0.717, 1.165) is 42.5 Å². The quantitative estimate of drug-likeness (QED) is 0.766. The van der Waals surface area contributed by atoms with Crippen LogP contribution in [0.5, 0.6) is 5.88 Å². The first-order chi connectivity index (χ1) is 11.7. The molecule has 0 saturated carbocycles. The fourth-order valence-electron chi connectivity index (χ4n) is 3.01. The molecule has 4 nitrogen and oxygen atoms in total. The summed E-state index contributed by atoms with van der Waals surface area (Å²) in [5.41, 5.74) is 1.26. The van der Waals surface area contributed by atoms with Crippen LogP contribution in [0.25, 0.3) is 16.6 Å². The van der Waals surface area contributed by atoms with Crippen LogP contribution in [0, 0.1) is 17.6 Å². The maximum absolute atomic E-state index is 13.6. The van der Waals surface area contributed by atoms with Crippen molar-refractivity contribution in [2.24, 2.45) is 5.92 Å². The van der Waals surface area contributed by atoms with Crippen LogP contribution < -0.4 is 10.1 Å². The van der Waals surface area contributed by atoms with Gasteiger partial charge in [0.2, 0.25) is 5.88 Å². The van der Waals surface area contributed by atoms with Gasteiger partial charge < -0.3 is 10.1 Å². The lowest BCUT2D eigenvalue weighted by Crippen LogP contribution is -2.15. The normalized spacial score (nSPS) is 16.8. The second-order valence-corrected chi connectivity index (χ2v) is 6.00. The molecule has 2 aromatic carbocycles. The van der Waals surface area contributed by atoms with Gasteiger partial charge in [0.1, 0.15) is 0 Å². The van der Waals surface area contributed by atoms with E-state index in [1.807, 2.05) is 24.3 Å². The molecule has 1 N–H and O–H groups in total. The topological polar surface area (TPSA) is 39.1 Å². The number of nitrogens with one attached hydrogen (secondary N) is 1. The van der Waals surface area contributed by atoms with Gasteiger partial charge in [-0.2, -0.15) is 0 Å². The minimum absolute atomic E-state index is 0. The number of ether oxygens (including phenoxy) is 1. The summed E-state index contributed by atoms with van der Waals surface area (Å²) in [5.74, 6) is -0.786. The monoisotopic (exact) mass is 365 g/mol. The predicted molar refractivity (Wildman–Crippen MR) is 94.7 cm³/mol. The maximum atomic E-state index is 13.6. The number of halogens is 3. The van der Waals surface area contributed by atoms with E-state index >= 15 is 0 Å². The van der Waals surface area contributed by atoms with E-state index in [9.17, 15) is 8.78 Å². The number of nitrogens with zero attached hydrogens (tertiary/aromatic N) is 2. The highest BCUT2D eigenvalue weighted by Crippen LogP contribution is 2.28. The molecule has 0 radical (unpaired) electrons. The lowest BCUT2D eigenvalue weighted by atomic mass is 10.1. The van der Waals surface area contributed by atoms with Crippen LogP contribution in [0.3, 0.4) is 0 Å². The summed E-state index contributed by atoms with van der Waals surface area (Å²) in [6, 6.07) is 11.3. The Labute approximate surface area is 150 Å². The van der Waals surface area contributed by atoms with Gasteiger partial charge in [0.15, 0.2) is 11.6 Å². The van der Waals surface area contributed by atoms with Gasteiger partial charge in [-0.3, -0.25) is 0 Å². The van der Waals surface area contributed by atoms with Gasteiger partial charge >= 0.3 is 0 Å². The lowest BCUT2D eigenvalue weighted by Gasteiger charge is -2.08. The Kier molecular flexibility index (Phi) is 5.20. The average Bonchev–Trinajstić information content (AvgIpc) is 3.23. The molecule has 1 aliphatic heterocycles. The third-order valence-electron chi connectivity index (χ3n) is 4.32. The number of rotatable bonds is 4. The van der Waals surface area contributed by atoms with E-state index in [0.29, 0.717) is 24.1 Å². The van der Waals surface area contributed by atoms with Crippen LogP contribution in [0.4, 0.5) is 8.78 Å². The van der Waals surface area contributed by atoms with Crippen molar-refractivity contribution in [1.29, 1.82) is 0 Å². The van der Waals surface area contributed by atoms with E-state index in [4.69, 9.17) is 4.74 Å². The molecule has 0 amide bonds. The Hall–Kier alpha value is -2.18. The fraction of sp³-hybridized carbons (Fsp3) is 0.278. The first-order valence-electron chi connectivity index (χ1n) is 7.99. The van der Waals surface area contributed by atoms with Crippen LogP contribution in [-0.4, -0.2) is 29.5 Å². The zero-order valence-electron chi connectivity index (χ0n) is 13.4. The van der Waals surface area contributed by atoms with E-state index in [2.05, 4.69) is 10.4 Å². The van der Waals surface area contributed by atoms with Crippen molar-refractivity contribution in [1.82, 2.24) is 15.1 Å². The van der Waals surface area contributed by atoms with Crippen LogP contribution >= 0.6 is 12.4 Å². The molecule has 7 heteroatoms. The fourth-order valence-corrected chi connectivity index (χ4v) is 3.01. The Bertz CT molecular complexity index is 878. The van der Waals surface area contributed by atoms with E-state index in [-0.39, 0.29) is 12.4 Å². The third kappa shape index (κ3) is 3.45. The highest BCUT2D eigenvalue weighted by atomic mass is 35.5. The molecule has 1 fully saturated rings. The number of benzene rings is 2. The van der Waals surface area contributed by atoms with Crippen LogP contribution in [0.2, 0.25) is 0 Å². The molecule has 0 bridgehead atoms.